The van der Waals surface area contributed by atoms with Crippen molar-refractivity contribution in [3.63, 3.8) is 0 Å². The SMILES string of the molecule is CNCCCCOc1cncc(Br)c1. The number of aromatic nitrogens is 1. The maximum Gasteiger partial charge on any atom is 0.138 e. The summed E-state index contributed by atoms with van der Waals surface area (Å²) in [6.07, 6.45) is 5.67. The van der Waals surface area contributed by atoms with Gasteiger partial charge in [0.25, 0.3) is 0 Å². The molecule has 0 saturated carbocycles. The molecule has 1 heterocycles. The molecule has 78 valence electrons. The molecule has 0 aliphatic heterocycles. The summed E-state index contributed by atoms with van der Waals surface area (Å²) in [7, 11) is 1.96. The van der Waals surface area contributed by atoms with Crippen LogP contribution in [0.5, 0.6) is 5.75 Å². The van der Waals surface area contributed by atoms with Gasteiger partial charge in [-0.1, -0.05) is 0 Å². The van der Waals surface area contributed by atoms with Crippen LogP contribution in [-0.4, -0.2) is 25.2 Å². The lowest BCUT2D eigenvalue weighted by atomic mass is 10.3. The Morgan fingerprint density at radius 3 is 3.00 bits per heavy atom. The number of pyridine rings is 1. The molecule has 0 bridgehead atoms. The van der Waals surface area contributed by atoms with Crippen molar-refractivity contribution in [3.8, 4) is 5.75 Å². The number of hydrogen-bond acceptors (Lipinski definition) is 3. The van der Waals surface area contributed by atoms with E-state index in [1.807, 2.05) is 13.1 Å². The van der Waals surface area contributed by atoms with E-state index in [2.05, 4.69) is 26.2 Å². The first-order valence-corrected chi connectivity index (χ1v) is 5.50. The fourth-order valence-corrected chi connectivity index (χ4v) is 1.41. The molecule has 0 unspecified atom stereocenters. The van der Waals surface area contributed by atoms with Gasteiger partial charge in [-0.15, -0.1) is 0 Å². The number of ether oxygens (including phenoxy) is 1. The third kappa shape index (κ3) is 4.58. The summed E-state index contributed by atoms with van der Waals surface area (Å²) in [5, 5.41) is 3.10. The minimum atomic E-state index is 0.750. The van der Waals surface area contributed by atoms with Crippen LogP contribution in [0.1, 0.15) is 12.8 Å². The molecular formula is C10H15BrN2O. The summed E-state index contributed by atoms with van der Waals surface area (Å²) in [6.45, 7) is 1.79. The fourth-order valence-electron chi connectivity index (χ4n) is 1.07. The van der Waals surface area contributed by atoms with Crippen molar-refractivity contribution in [3.05, 3.63) is 22.9 Å². The van der Waals surface area contributed by atoms with Gasteiger partial charge in [-0.05, 0) is 48.4 Å². The van der Waals surface area contributed by atoms with Crippen LogP contribution in [0.25, 0.3) is 0 Å². The van der Waals surface area contributed by atoms with Crippen LogP contribution in [-0.2, 0) is 0 Å². The van der Waals surface area contributed by atoms with Crippen LogP contribution in [0, 0.1) is 0 Å². The van der Waals surface area contributed by atoms with Gasteiger partial charge in [0.1, 0.15) is 5.75 Å². The zero-order chi connectivity index (χ0) is 10.2. The Bertz CT molecular complexity index is 268. The van der Waals surface area contributed by atoms with Crippen molar-refractivity contribution in [2.24, 2.45) is 0 Å². The van der Waals surface area contributed by atoms with E-state index in [0.29, 0.717) is 0 Å². The average molecular weight is 259 g/mol. The number of nitrogens with one attached hydrogen (secondary N) is 1. The van der Waals surface area contributed by atoms with Crippen molar-refractivity contribution < 1.29 is 4.74 Å². The van der Waals surface area contributed by atoms with Crippen LogP contribution in [0.4, 0.5) is 0 Å². The summed E-state index contributed by atoms with van der Waals surface area (Å²) in [5.74, 6) is 0.823. The molecule has 1 N–H and O–H groups in total. The Balaban J connectivity index is 2.18. The van der Waals surface area contributed by atoms with E-state index in [4.69, 9.17) is 4.74 Å². The molecule has 1 aromatic heterocycles. The lowest BCUT2D eigenvalue weighted by molar-refractivity contribution is 0.305. The highest BCUT2D eigenvalue weighted by atomic mass is 79.9. The van der Waals surface area contributed by atoms with Gasteiger partial charge in [0.2, 0.25) is 0 Å². The molecule has 0 spiro atoms. The second-order valence-corrected chi connectivity index (χ2v) is 3.91. The van der Waals surface area contributed by atoms with Crippen LogP contribution in [0.2, 0.25) is 0 Å². The Kier molecular flexibility index (Phi) is 5.56. The van der Waals surface area contributed by atoms with Crippen LogP contribution in [0.3, 0.4) is 0 Å². The van der Waals surface area contributed by atoms with E-state index in [1.165, 1.54) is 0 Å². The first-order valence-electron chi connectivity index (χ1n) is 4.71. The third-order valence-electron chi connectivity index (χ3n) is 1.77. The van der Waals surface area contributed by atoms with Crippen molar-refractivity contribution in [1.29, 1.82) is 0 Å². The van der Waals surface area contributed by atoms with Gasteiger partial charge in [-0.25, -0.2) is 0 Å². The lowest BCUT2D eigenvalue weighted by Gasteiger charge is -2.05. The Morgan fingerprint density at radius 1 is 1.43 bits per heavy atom. The Morgan fingerprint density at radius 2 is 2.29 bits per heavy atom. The number of hydrogen-bond donors (Lipinski definition) is 1. The third-order valence-corrected chi connectivity index (χ3v) is 2.20. The van der Waals surface area contributed by atoms with E-state index in [0.717, 1.165) is 36.2 Å². The molecule has 0 radical (unpaired) electrons. The van der Waals surface area contributed by atoms with Crippen LogP contribution >= 0.6 is 15.9 Å². The molecule has 1 aromatic rings. The van der Waals surface area contributed by atoms with Gasteiger partial charge < -0.3 is 10.1 Å². The van der Waals surface area contributed by atoms with E-state index < -0.39 is 0 Å². The second kappa shape index (κ2) is 6.79. The average Bonchev–Trinajstić information content (AvgIpc) is 2.18. The molecule has 0 atom stereocenters. The number of halogens is 1. The molecular weight excluding hydrogens is 244 g/mol. The summed E-state index contributed by atoms with van der Waals surface area (Å²) in [4.78, 5) is 4.02. The second-order valence-electron chi connectivity index (χ2n) is 3.00. The predicted octanol–water partition coefficient (Wildman–Crippen LogP) is 2.22. The van der Waals surface area contributed by atoms with Gasteiger partial charge in [0.15, 0.2) is 0 Å². The normalized spacial score (nSPS) is 10.1. The molecule has 0 aromatic carbocycles. The minimum absolute atomic E-state index is 0.750. The maximum atomic E-state index is 5.51. The van der Waals surface area contributed by atoms with E-state index in [1.54, 1.807) is 12.4 Å². The standard InChI is InChI=1S/C10H15BrN2O/c1-12-4-2-3-5-14-10-6-9(11)7-13-8-10/h6-8,12H,2-5H2,1H3. The molecule has 1 rings (SSSR count). The van der Waals surface area contributed by atoms with Gasteiger partial charge >= 0.3 is 0 Å². The Labute approximate surface area is 93.0 Å². The maximum absolute atomic E-state index is 5.51. The van der Waals surface area contributed by atoms with Crippen LogP contribution in [0.15, 0.2) is 22.9 Å². The van der Waals surface area contributed by atoms with Crippen molar-refractivity contribution in [2.75, 3.05) is 20.2 Å². The monoisotopic (exact) mass is 258 g/mol. The van der Waals surface area contributed by atoms with Crippen molar-refractivity contribution >= 4 is 15.9 Å². The number of nitrogens with zero attached hydrogens (tertiary/aromatic N) is 1. The lowest BCUT2D eigenvalue weighted by Crippen LogP contribution is -2.09. The van der Waals surface area contributed by atoms with Gasteiger partial charge in [0, 0.05) is 10.7 Å². The summed E-state index contributed by atoms with van der Waals surface area (Å²) in [5.41, 5.74) is 0. The van der Waals surface area contributed by atoms with E-state index in [-0.39, 0.29) is 0 Å². The number of rotatable bonds is 6. The largest absolute Gasteiger partial charge is 0.492 e. The van der Waals surface area contributed by atoms with Crippen LogP contribution < -0.4 is 10.1 Å². The molecule has 3 nitrogen and oxygen atoms in total. The van der Waals surface area contributed by atoms with E-state index in [9.17, 15) is 0 Å². The highest BCUT2D eigenvalue weighted by molar-refractivity contribution is 9.10. The first-order chi connectivity index (χ1) is 6.83. The van der Waals surface area contributed by atoms with Crippen molar-refractivity contribution in [2.45, 2.75) is 12.8 Å². The smallest absolute Gasteiger partial charge is 0.138 e. The summed E-state index contributed by atoms with van der Waals surface area (Å²) >= 11 is 3.34. The van der Waals surface area contributed by atoms with E-state index >= 15 is 0 Å². The van der Waals surface area contributed by atoms with Crippen molar-refractivity contribution in [1.82, 2.24) is 10.3 Å². The van der Waals surface area contributed by atoms with Gasteiger partial charge in [0.05, 0.1) is 12.8 Å². The predicted molar refractivity (Wildman–Crippen MR) is 60.6 cm³/mol. The van der Waals surface area contributed by atoms with Gasteiger partial charge in [-0.2, -0.15) is 0 Å². The highest BCUT2D eigenvalue weighted by Gasteiger charge is 1.94. The number of unbranched alkanes of at least 4 members (excludes halogenated alkanes) is 1. The quantitative estimate of drug-likeness (QED) is 0.795. The molecule has 0 fully saturated rings. The summed E-state index contributed by atoms with van der Waals surface area (Å²) in [6, 6.07) is 1.92. The molecule has 0 amide bonds. The molecule has 0 saturated heterocycles. The fraction of sp³-hybridized carbons (Fsp3) is 0.500. The molecule has 4 heteroatoms. The molecule has 14 heavy (non-hydrogen) atoms. The molecule has 0 aliphatic carbocycles. The topological polar surface area (TPSA) is 34.1 Å². The summed E-state index contributed by atoms with van der Waals surface area (Å²) < 4.78 is 6.46. The zero-order valence-electron chi connectivity index (χ0n) is 8.29. The molecule has 0 aliphatic rings. The minimum Gasteiger partial charge on any atom is -0.492 e. The van der Waals surface area contributed by atoms with Gasteiger partial charge in [-0.3, -0.25) is 4.98 Å². The Hall–Kier alpha value is -0.610. The highest BCUT2D eigenvalue weighted by Crippen LogP contribution is 2.15. The zero-order valence-corrected chi connectivity index (χ0v) is 9.88. The first kappa shape index (κ1) is 11.5.